The number of aromatic nitrogens is 3. The maximum Gasteiger partial charge on any atom is 0.409 e. The SMILES string of the molecule is CCOC(=O)N1CCN(c2nc(C)nc3cnccc23)CC1. The molecular formula is C15H19N5O2. The van der Waals surface area contributed by atoms with Gasteiger partial charge in [-0.3, -0.25) is 4.98 Å². The van der Waals surface area contributed by atoms with Gasteiger partial charge in [0, 0.05) is 37.8 Å². The first-order valence-electron chi connectivity index (χ1n) is 7.44. The Morgan fingerprint density at radius 3 is 2.77 bits per heavy atom. The summed E-state index contributed by atoms with van der Waals surface area (Å²) >= 11 is 0. The van der Waals surface area contributed by atoms with Gasteiger partial charge in [0.25, 0.3) is 0 Å². The molecule has 0 atom stereocenters. The molecule has 2 aromatic heterocycles. The number of hydrogen-bond acceptors (Lipinski definition) is 6. The van der Waals surface area contributed by atoms with Gasteiger partial charge in [0.2, 0.25) is 0 Å². The topological polar surface area (TPSA) is 71.5 Å². The number of fused-ring (bicyclic) bond motifs is 1. The number of carbonyl (C=O) groups is 1. The van der Waals surface area contributed by atoms with Gasteiger partial charge in [-0.25, -0.2) is 14.8 Å². The van der Waals surface area contributed by atoms with Crippen molar-refractivity contribution in [2.75, 3.05) is 37.7 Å². The molecule has 0 unspecified atom stereocenters. The number of piperazine rings is 1. The summed E-state index contributed by atoms with van der Waals surface area (Å²) in [5, 5.41) is 0.991. The second-order valence-corrected chi connectivity index (χ2v) is 5.16. The van der Waals surface area contributed by atoms with Crippen molar-refractivity contribution in [3.8, 4) is 0 Å². The Kier molecular flexibility index (Phi) is 4.04. The van der Waals surface area contributed by atoms with E-state index in [1.165, 1.54) is 0 Å². The molecule has 0 aromatic carbocycles. The van der Waals surface area contributed by atoms with Crippen LogP contribution in [0, 0.1) is 6.92 Å². The quantitative estimate of drug-likeness (QED) is 0.839. The van der Waals surface area contributed by atoms with Crippen molar-refractivity contribution in [2.45, 2.75) is 13.8 Å². The van der Waals surface area contributed by atoms with Gasteiger partial charge in [0.05, 0.1) is 18.3 Å². The smallest absolute Gasteiger partial charge is 0.409 e. The minimum atomic E-state index is -0.241. The van der Waals surface area contributed by atoms with Crippen LogP contribution in [0.15, 0.2) is 18.5 Å². The van der Waals surface area contributed by atoms with Crippen molar-refractivity contribution in [2.24, 2.45) is 0 Å². The van der Waals surface area contributed by atoms with Crippen molar-refractivity contribution < 1.29 is 9.53 Å². The minimum absolute atomic E-state index is 0.241. The standard InChI is InChI=1S/C15H19N5O2/c1-3-22-15(21)20-8-6-19(7-9-20)14-12-4-5-16-10-13(12)17-11(2)18-14/h4-5,10H,3,6-9H2,1-2H3. The molecule has 1 fully saturated rings. The third kappa shape index (κ3) is 2.79. The lowest BCUT2D eigenvalue weighted by atomic mass is 10.2. The Balaban J connectivity index is 1.81. The van der Waals surface area contributed by atoms with Crippen LogP contribution in [0.2, 0.25) is 0 Å². The van der Waals surface area contributed by atoms with E-state index in [1.54, 1.807) is 17.3 Å². The summed E-state index contributed by atoms with van der Waals surface area (Å²) in [4.78, 5) is 28.8. The second-order valence-electron chi connectivity index (χ2n) is 5.16. The van der Waals surface area contributed by atoms with E-state index in [4.69, 9.17) is 4.74 Å². The summed E-state index contributed by atoms with van der Waals surface area (Å²) in [6, 6.07) is 1.93. The number of anilines is 1. The molecule has 1 aliphatic heterocycles. The molecule has 1 saturated heterocycles. The van der Waals surface area contributed by atoms with Crippen molar-refractivity contribution in [3.05, 3.63) is 24.3 Å². The second kappa shape index (κ2) is 6.13. The Morgan fingerprint density at radius 2 is 2.05 bits per heavy atom. The summed E-state index contributed by atoms with van der Waals surface area (Å²) in [5.41, 5.74) is 0.845. The monoisotopic (exact) mass is 301 g/mol. The summed E-state index contributed by atoms with van der Waals surface area (Å²) in [6.07, 6.45) is 3.26. The fourth-order valence-electron chi connectivity index (χ4n) is 2.63. The van der Waals surface area contributed by atoms with E-state index in [0.717, 1.165) is 35.6 Å². The lowest BCUT2D eigenvalue weighted by Gasteiger charge is -2.35. The highest BCUT2D eigenvalue weighted by Crippen LogP contribution is 2.24. The van der Waals surface area contributed by atoms with Gasteiger partial charge in [-0.1, -0.05) is 0 Å². The summed E-state index contributed by atoms with van der Waals surface area (Å²) < 4.78 is 5.05. The first-order chi connectivity index (χ1) is 10.7. The zero-order chi connectivity index (χ0) is 15.5. The lowest BCUT2D eigenvalue weighted by Crippen LogP contribution is -2.49. The third-order valence-electron chi connectivity index (χ3n) is 3.70. The van der Waals surface area contributed by atoms with Gasteiger partial charge in [0.1, 0.15) is 11.6 Å². The molecule has 116 valence electrons. The number of amides is 1. The number of aryl methyl sites for hydroxylation is 1. The average Bonchev–Trinajstić information content (AvgIpc) is 2.54. The molecule has 0 aliphatic carbocycles. The van der Waals surface area contributed by atoms with Gasteiger partial charge in [-0.05, 0) is 19.9 Å². The van der Waals surface area contributed by atoms with E-state index in [1.807, 2.05) is 19.9 Å². The van der Waals surface area contributed by atoms with Gasteiger partial charge >= 0.3 is 6.09 Å². The average molecular weight is 301 g/mol. The molecule has 0 N–H and O–H groups in total. The molecule has 0 bridgehead atoms. The minimum Gasteiger partial charge on any atom is -0.450 e. The molecule has 1 aliphatic rings. The van der Waals surface area contributed by atoms with E-state index in [9.17, 15) is 4.79 Å². The van der Waals surface area contributed by atoms with Gasteiger partial charge in [-0.15, -0.1) is 0 Å². The molecule has 7 nitrogen and oxygen atoms in total. The molecule has 2 aromatic rings. The molecule has 7 heteroatoms. The molecule has 0 spiro atoms. The predicted molar refractivity (Wildman–Crippen MR) is 82.9 cm³/mol. The first kappa shape index (κ1) is 14.5. The normalized spacial score (nSPS) is 15.2. The van der Waals surface area contributed by atoms with E-state index < -0.39 is 0 Å². The number of ether oxygens (including phenoxy) is 1. The predicted octanol–water partition coefficient (Wildman–Crippen LogP) is 1.61. The summed E-state index contributed by atoms with van der Waals surface area (Å²) in [7, 11) is 0. The molecule has 22 heavy (non-hydrogen) atoms. The highest BCUT2D eigenvalue weighted by molar-refractivity contribution is 5.88. The largest absolute Gasteiger partial charge is 0.450 e. The van der Waals surface area contributed by atoms with Crippen LogP contribution >= 0.6 is 0 Å². The summed E-state index contributed by atoms with van der Waals surface area (Å²) in [5.74, 6) is 1.64. The van der Waals surface area contributed by atoms with Crippen LogP contribution in [-0.4, -0.2) is 58.7 Å². The van der Waals surface area contributed by atoms with Crippen LogP contribution in [0.5, 0.6) is 0 Å². The van der Waals surface area contributed by atoms with Crippen LogP contribution in [0.1, 0.15) is 12.7 Å². The molecule has 0 radical (unpaired) electrons. The van der Waals surface area contributed by atoms with Crippen molar-refractivity contribution in [1.82, 2.24) is 19.9 Å². The molecule has 3 heterocycles. The number of hydrogen-bond donors (Lipinski definition) is 0. The highest BCUT2D eigenvalue weighted by atomic mass is 16.6. The Hall–Kier alpha value is -2.44. The van der Waals surface area contributed by atoms with Crippen molar-refractivity contribution in [1.29, 1.82) is 0 Å². The highest BCUT2D eigenvalue weighted by Gasteiger charge is 2.24. The Morgan fingerprint density at radius 1 is 1.27 bits per heavy atom. The molecule has 3 rings (SSSR count). The maximum atomic E-state index is 11.8. The zero-order valence-electron chi connectivity index (χ0n) is 12.8. The van der Waals surface area contributed by atoms with Crippen molar-refractivity contribution in [3.63, 3.8) is 0 Å². The van der Waals surface area contributed by atoms with Crippen molar-refractivity contribution >= 4 is 22.8 Å². The number of pyridine rings is 1. The van der Waals surface area contributed by atoms with E-state index >= 15 is 0 Å². The van der Waals surface area contributed by atoms with Gasteiger partial charge < -0.3 is 14.5 Å². The van der Waals surface area contributed by atoms with Crippen LogP contribution in [0.4, 0.5) is 10.6 Å². The third-order valence-corrected chi connectivity index (χ3v) is 3.70. The van der Waals surface area contributed by atoms with Crippen LogP contribution in [-0.2, 0) is 4.74 Å². The fourth-order valence-corrected chi connectivity index (χ4v) is 2.63. The van der Waals surface area contributed by atoms with E-state index in [0.29, 0.717) is 19.7 Å². The molecule has 0 saturated carbocycles. The van der Waals surface area contributed by atoms with Gasteiger partial charge in [0.15, 0.2) is 0 Å². The number of rotatable bonds is 2. The van der Waals surface area contributed by atoms with Gasteiger partial charge in [-0.2, -0.15) is 0 Å². The zero-order valence-corrected chi connectivity index (χ0v) is 12.8. The first-order valence-corrected chi connectivity index (χ1v) is 7.44. The molecule has 1 amide bonds. The number of nitrogens with zero attached hydrogens (tertiary/aromatic N) is 5. The fraction of sp³-hybridized carbons (Fsp3) is 0.467. The van der Waals surface area contributed by atoms with Crippen LogP contribution in [0.25, 0.3) is 10.9 Å². The number of carbonyl (C=O) groups excluding carboxylic acids is 1. The Labute approximate surface area is 128 Å². The summed E-state index contributed by atoms with van der Waals surface area (Å²) in [6.45, 7) is 6.83. The Bertz CT molecular complexity index is 683. The lowest BCUT2D eigenvalue weighted by molar-refractivity contribution is 0.105. The maximum absolute atomic E-state index is 11.8. The molecular weight excluding hydrogens is 282 g/mol. The van der Waals surface area contributed by atoms with Crippen LogP contribution < -0.4 is 4.90 Å². The van der Waals surface area contributed by atoms with E-state index in [-0.39, 0.29) is 6.09 Å². The van der Waals surface area contributed by atoms with Crippen LogP contribution in [0.3, 0.4) is 0 Å². The van der Waals surface area contributed by atoms with E-state index in [2.05, 4.69) is 19.9 Å².